The Labute approximate surface area is 71.4 Å². The van der Waals surface area contributed by atoms with Crippen LogP contribution in [-0.2, 0) is 6.42 Å². The summed E-state index contributed by atoms with van der Waals surface area (Å²) in [6.07, 6.45) is 1.59. The number of rotatable bonds is 2. The van der Waals surface area contributed by atoms with Crippen molar-refractivity contribution in [2.75, 3.05) is 0 Å². The first kappa shape index (κ1) is 8.73. The molecule has 0 fully saturated rings. The highest BCUT2D eigenvalue weighted by atomic mass is 19.1. The van der Waals surface area contributed by atoms with Gasteiger partial charge in [0, 0.05) is 0 Å². The summed E-state index contributed by atoms with van der Waals surface area (Å²) >= 11 is 0. The number of hydrogen-bond donors (Lipinski definition) is 0. The number of hydrogen-bond acceptors (Lipinski definition) is 1. The van der Waals surface area contributed by atoms with Gasteiger partial charge in [-0.15, -0.1) is 0 Å². The fourth-order valence-corrected chi connectivity index (χ4v) is 1.11. The number of nitrogens with zero attached hydrogens (tertiary/aromatic N) is 1. The van der Waals surface area contributed by atoms with Crippen LogP contribution >= 0.6 is 0 Å². The molecule has 0 aliphatic rings. The standard InChI is InChI=1S/C10H10FN/c1-2-3-9-6-8(7-12)4-5-10(9)11/h4-6H,2-3H2,1H3. The van der Waals surface area contributed by atoms with Gasteiger partial charge < -0.3 is 0 Å². The van der Waals surface area contributed by atoms with Crippen molar-refractivity contribution < 1.29 is 4.39 Å². The number of benzene rings is 1. The smallest absolute Gasteiger partial charge is 0.126 e. The van der Waals surface area contributed by atoms with E-state index in [4.69, 9.17) is 5.26 Å². The fourth-order valence-electron chi connectivity index (χ4n) is 1.11. The van der Waals surface area contributed by atoms with Gasteiger partial charge in [-0.3, -0.25) is 0 Å². The molecular formula is C10H10FN. The van der Waals surface area contributed by atoms with Gasteiger partial charge in [-0.05, 0) is 30.2 Å². The summed E-state index contributed by atoms with van der Waals surface area (Å²) in [5, 5.41) is 8.55. The molecular weight excluding hydrogens is 153 g/mol. The van der Waals surface area contributed by atoms with E-state index in [1.165, 1.54) is 12.1 Å². The number of nitriles is 1. The van der Waals surface area contributed by atoms with Crippen molar-refractivity contribution in [1.29, 1.82) is 5.26 Å². The maximum Gasteiger partial charge on any atom is 0.126 e. The second-order valence-corrected chi connectivity index (χ2v) is 2.67. The minimum absolute atomic E-state index is 0.212. The Morgan fingerprint density at radius 3 is 2.83 bits per heavy atom. The normalized spacial score (nSPS) is 9.42. The molecule has 0 unspecified atom stereocenters. The molecule has 0 saturated carbocycles. The topological polar surface area (TPSA) is 23.8 Å². The lowest BCUT2D eigenvalue weighted by Crippen LogP contribution is -1.90. The molecule has 0 aromatic heterocycles. The Balaban J connectivity index is 3.01. The van der Waals surface area contributed by atoms with Crippen molar-refractivity contribution in [3.8, 4) is 6.07 Å². The van der Waals surface area contributed by atoms with Crippen LogP contribution in [0.2, 0.25) is 0 Å². The van der Waals surface area contributed by atoms with Crippen molar-refractivity contribution in [3.05, 3.63) is 35.1 Å². The van der Waals surface area contributed by atoms with E-state index in [9.17, 15) is 4.39 Å². The first-order chi connectivity index (χ1) is 5.77. The van der Waals surface area contributed by atoms with Crippen LogP contribution in [0.25, 0.3) is 0 Å². The molecule has 0 atom stereocenters. The van der Waals surface area contributed by atoms with Gasteiger partial charge >= 0.3 is 0 Å². The van der Waals surface area contributed by atoms with Gasteiger partial charge in [-0.25, -0.2) is 4.39 Å². The largest absolute Gasteiger partial charge is 0.207 e. The second-order valence-electron chi connectivity index (χ2n) is 2.67. The molecule has 0 spiro atoms. The summed E-state index contributed by atoms with van der Waals surface area (Å²) < 4.78 is 13.0. The third-order valence-corrected chi connectivity index (χ3v) is 1.69. The first-order valence-electron chi connectivity index (χ1n) is 3.96. The van der Waals surface area contributed by atoms with Crippen molar-refractivity contribution in [1.82, 2.24) is 0 Å². The van der Waals surface area contributed by atoms with E-state index >= 15 is 0 Å². The molecule has 2 heteroatoms. The van der Waals surface area contributed by atoms with E-state index < -0.39 is 0 Å². The molecule has 0 heterocycles. The highest BCUT2D eigenvalue weighted by Crippen LogP contribution is 2.11. The summed E-state index contributed by atoms with van der Waals surface area (Å²) in [6, 6.07) is 6.44. The van der Waals surface area contributed by atoms with Crippen LogP contribution in [0.15, 0.2) is 18.2 Å². The van der Waals surface area contributed by atoms with Crippen LogP contribution in [0.3, 0.4) is 0 Å². The average molecular weight is 163 g/mol. The molecule has 0 saturated heterocycles. The lowest BCUT2D eigenvalue weighted by molar-refractivity contribution is 0.607. The van der Waals surface area contributed by atoms with Crippen molar-refractivity contribution in [2.24, 2.45) is 0 Å². The summed E-state index contributed by atoms with van der Waals surface area (Å²) in [4.78, 5) is 0. The Kier molecular flexibility index (Phi) is 2.82. The Hall–Kier alpha value is -1.36. The minimum atomic E-state index is -0.212. The van der Waals surface area contributed by atoms with Gasteiger partial charge in [-0.2, -0.15) is 5.26 Å². The Morgan fingerprint density at radius 2 is 2.25 bits per heavy atom. The highest BCUT2D eigenvalue weighted by Gasteiger charge is 2.01. The maximum atomic E-state index is 13.0. The minimum Gasteiger partial charge on any atom is -0.207 e. The van der Waals surface area contributed by atoms with Gasteiger partial charge in [0.1, 0.15) is 5.82 Å². The van der Waals surface area contributed by atoms with Crippen LogP contribution in [0, 0.1) is 17.1 Å². The van der Waals surface area contributed by atoms with E-state index in [1.807, 2.05) is 13.0 Å². The summed E-state index contributed by atoms with van der Waals surface area (Å²) in [6.45, 7) is 1.98. The Morgan fingerprint density at radius 1 is 1.50 bits per heavy atom. The van der Waals surface area contributed by atoms with E-state index in [1.54, 1.807) is 6.07 Å². The van der Waals surface area contributed by atoms with Crippen molar-refractivity contribution in [3.63, 3.8) is 0 Å². The lowest BCUT2D eigenvalue weighted by Gasteiger charge is -2.00. The second kappa shape index (κ2) is 3.87. The summed E-state index contributed by atoms with van der Waals surface area (Å²) in [5.41, 5.74) is 1.16. The molecule has 62 valence electrons. The predicted octanol–water partition coefficient (Wildman–Crippen LogP) is 2.65. The highest BCUT2D eigenvalue weighted by molar-refractivity contribution is 5.33. The van der Waals surface area contributed by atoms with E-state index in [0.717, 1.165) is 6.42 Å². The monoisotopic (exact) mass is 163 g/mol. The third-order valence-electron chi connectivity index (χ3n) is 1.69. The molecule has 12 heavy (non-hydrogen) atoms. The molecule has 0 radical (unpaired) electrons. The SMILES string of the molecule is CCCc1cc(C#N)ccc1F. The summed E-state index contributed by atoms with van der Waals surface area (Å²) in [7, 11) is 0. The van der Waals surface area contributed by atoms with Crippen LogP contribution in [0.5, 0.6) is 0 Å². The van der Waals surface area contributed by atoms with E-state index in [0.29, 0.717) is 17.5 Å². The first-order valence-corrected chi connectivity index (χ1v) is 3.96. The van der Waals surface area contributed by atoms with Crippen molar-refractivity contribution >= 4 is 0 Å². The third kappa shape index (κ3) is 1.82. The van der Waals surface area contributed by atoms with Gasteiger partial charge in [0.2, 0.25) is 0 Å². The van der Waals surface area contributed by atoms with Crippen molar-refractivity contribution in [2.45, 2.75) is 19.8 Å². The molecule has 1 aromatic carbocycles. The summed E-state index contributed by atoms with van der Waals surface area (Å²) in [5.74, 6) is -0.212. The van der Waals surface area contributed by atoms with Crippen LogP contribution < -0.4 is 0 Å². The molecule has 1 aromatic rings. The van der Waals surface area contributed by atoms with E-state index in [2.05, 4.69) is 0 Å². The maximum absolute atomic E-state index is 13.0. The lowest BCUT2D eigenvalue weighted by atomic mass is 10.1. The van der Waals surface area contributed by atoms with Gasteiger partial charge in [0.15, 0.2) is 0 Å². The predicted molar refractivity (Wildman–Crippen MR) is 45.1 cm³/mol. The number of halogens is 1. The quantitative estimate of drug-likeness (QED) is 0.657. The average Bonchev–Trinajstić information content (AvgIpc) is 2.09. The molecule has 0 aliphatic heterocycles. The zero-order chi connectivity index (χ0) is 8.97. The van der Waals surface area contributed by atoms with Gasteiger partial charge in [-0.1, -0.05) is 13.3 Å². The molecule has 0 N–H and O–H groups in total. The van der Waals surface area contributed by atoms with E-state index in [-0.39, 0.29) is 5.82 Å². The molecule has 0 bridgehead atoms. The van der Waals surface area contributed by atoms with Gasteiger partial charge in [0.05, 0.1) is 11.6 Å². The van der Waals surface area contributed by atoms with Gasteiger partial charge in [0.25, 0.3) is 0 Å². The molecule has 0 amide bonds. The van der Waals surface area contributed by atoms with Crippen LogP contribution in [-0.4, -0.2) is 0 Å². The van der Waals surface area contributed by atoms with Crippen LogP contribution in [0.4, 0.5) is 4.39 Å². The zero-order valence-electron chi connectivity index (χ0n) is 6.97. The number of aryl methyl sites for hydroxylation is 1. The molecule has 0 aliphatic carbocycles. The molecule has 1 rings (SSSR count). The zero-order valence-corrected chi connectivity index (χ0v) is 6.97. The Bertz CT molecular complexity index is 312. The molecule has 1 nitrogen and oxygen atoms in total. The van der Waals surface area contributed by atoms with Crippen LogP contribution in [0.1, 0.15) is 24.5 Å². The fraction of sp³-hybridized carbons (Fsp3) is 0.300.